The normalized spacial score (nSPS) is 25.2. The zero-order valence-corrected chi connectivity index (χ0v) is 18.9. The summed E-state index contributed by atoms with van der Waals surface area (Å²) in [6.07, 6.45) is 0. The molecule has 0 spiro atoms. The van der Waals surface area contributed by atoms with Crippen LogP contribution in [-0.2, 0) is 16.1 Å². The van der Waals surface area contributed by atoms with Crippen LogP contribution in [0.25, 0.3) is 0 Å². The third-order valence-electron chi connectivity index (χ3n) is 6.72. The summed E-state index contributed by atoms with van der Waals surface area (Å²) >= 11 is 3.46. The van der Waals surface area contributed by atoms with Gasteiger partial charge >= 0.3 is 5.97 Å². The van der Waals surface area contributed by atoms with Crippen molar-refractivity contribution < 1.29 is 19.1 Å². The van der Waals surface area contributed by atoms with Gasteiger partial charge in [0.1, 0.15) is 5.75 Å². The van der Waals surface area contributed by atoms with Crippen molar-refractivity contribution in [3.63, 3.8) is 0 Å². The largest absolute Gasteiger partial charge is 0.425 e. The van der Waals surface area contributed by atoms with Gasteiger partial charge in [-0.3, -0.25) is 14.4 Å². The number of amides is 1. The van der Waals surface area contributed by atoms with Gasteiger partial charge in [-0.05, 0) is 30.7 Å². The van der Waals surface area contributed by atoms with Gasteiger partial charge in [0.2, 0.25) is 5.91 Å². The van der Waals surface area contributed by atoms with Crippen LogP contribution >= 0.6 is 15.9 Å². The van der Waals surface area contributed by atoms with Gasteiger partial charge in [0.25, 0.3) is 0 Å². The lowest BCUT2D eigenvalue weighted by atomic mass is 9.86. The van der Waals surface area contributed by atoms with Crippen LogP contribution in [0.5, 0.6) is 5.75 Å². The van der Waals surface area contributed by atoms with Gasteiger partial charge in [-0.15, -0.1) is 0 Å². The van der Waals surface area contributed by atoms with E-state index in [-0.39, 0.29) is 12.3 Å². The van der Waals surface area contributed by atoms with Crippen molar-refractivity contribution in [1.29, 1.82) is 0 Å². The number of fused-ring (bicyclic) bond motifs is 3. The van der Waals surface area contributed by atoms with Gasteiger partial charge in [-0.1, -0.05) is 76.6 Å². The molecule has 5 nitrogen and oxygen atoms in total. The lowest BCUT2D eigenvalue weighted by Gasteiger charge is -2.23. The van der Waals surface area contributed by atoms with Crippen molar-refractivity contribution >= 4 is 33.6 Å². The van der Waals surface area contributed by atoms with Gasteiger partial charge in [-0.25, -0.2) is 0 Å². The molecule has 0 saturated heterocycles. The van der Waals surface area contributed by atoms with Crippen LogP contribution in [0.3, 0.4) is 0 Å². The summed E-state index contributed by atoms with van der Waals surface area (Å²) in [7, 11) is 0. The molecule has 32 heavy (non-hydrogen) atoms. The average Bonchev–Trinajstić information content (AvgIpc) is 3.42. The number of esters is 1. The summed E-state index contributed by atoms with van der Waals surface area (Å²) in [5, 5.41) is 2.88. The quantitative estimate of drug-likeness (QED) is 0.245. The maximum Gasteiger partial charge on any atom is 0.328 e. The minimum atomic E-state index is -1.62. The van der Waals surface area contributed by atoms with Crippen LogP contribution in [0.2, 0.25) is 0 Å². The van der Waals surface area contributed by atoms with Crippen molar-refractivity contribution in [1.82, 2.24) is 5.32 Å². The van der Waals surface area contributed by atoms with Gasteiger partial charge in [0, 0.05) is 28.1 Å². The Labute approximate surface area is 193 Å². The Bertz CT molecular complexity index is 1240. The first kappa shape index (κ1) is 20.6. The molecule has 5 rings (SSSR count). The Balaban J connectivity index is 1.59. The number of ether oxygens (including phenoxy) is 1. The zero-order chi connectivity index (χ0) is 22.5. The van der Waals surface area contributed by atoms with Gasteiger partial charge in [-0.2, -0.15) is 0 Å². The maximum atomic E-state index is 13.7. The molecule has 6 heteroatoms. The van der Waals surface area contributed by atoms with Crippen molar-refractivity contribution in [2.24, 2.45) is 10.8 Å². The van der Waals surface area contributed by atoms with E-state index in [2.05, 4.69) is 21.2 Å². The van der Waals surface area contributed by atoms with E-state index in [9.17, 15) is 14.4 Å². The highest BCUT2D eigenvalue weighted by Crippen LogP contribution is 2.78. The van der Waals surface area contributed by atoms with Crippen LogP contribution in [-0.4, -0.2) is 17.7 Å². The molecule has 160 valence electrons. The first-order valence-corrected chi connectivity index (χ1v) is 11.1. The third-order valence-corrected chi connectivity index (χ3v) is 7.21. The summed E-state index contributed by atoms with van der Waals surface area (Å²) < 4.78 is 6.41. The molecular weight excluding hydrogens is 470 g/mol. The van der Waals surface area contributed by atoms with Gasteiger partial charge in [0.05, 0.1) is 5.41 Å². The first-order valence-electron chi connectivity index (χ1n) is 10.3. The second-order valence-electron chi connectivity index (χ2n) is 8.38. The molecule has 3 aromatic carbocycles. The Kier molecular flexibility index (Phi) is 4.78. The number of ketones is 1. The van der Waals surface area contributed by atoms with E-state index in [1.165, 1.54) is 0 Å². The topological polar surface area (TPSA) is 72.5 Å². The minimum absolute atomic E-state index is 0.247. The second kappa shape index (κ2) is 7.41. The summed E-state index contributed by atoms with van der Waals surface area (Å²) in [6, 6.07) is 23.5. The molecule has 1 amide bonds. The molecule has 1 aliphatic carbocycles. The average molecular weight is 490 g/mol. The van der Waals surface area contributed by atoms with Crippen molar-refractivity contribution in [2.45, 2.75) is 19.4 Å². The van der Waals surface area contributed by atoms with E-state index in [0.717, 1.165) is 10.0 Å². The molecule has 0 aromatic heterocycles. The van der Waals surface area contributed by atoms with Crippen LogP contribution in [0.4, 0.5) is 0 Å². The maximum absolute atomic E-state index is 13.7. The van der Waals surface area contributed by atoms with E-state index in [4.69, 9.17) is 4.74 Å². The molecule has 1 aliphatic heterocycles. The van der Waals surface area contributed by atoms with Gasteiger partial charge < -0.3 is 10.1 Å². The minimum Gasteiger partial charge on any atom is -0.425 e. The fraction of sp³-hybridized carbons (Fsp3) is 0.192. The Morgan fingerprint density at radius 3 is 2.34 bits per heavy atom. The fourth-order valence-corrected chi connectivity index (χ4v) is 5.47. The lowest BCUT2D eigenvalue weighted by Crippen LogP contribution is -2.45. The summed E-state index contributed by atoms with van der Waals surface area (Å²) in [6.45, 7) is 1.95. The van der Waals surface area contributed by atoms with Crippen LogP contribution in [0.15, 0.2) is 83.3 Å². The number of carbonyl (C=O) groups is 3. The molecule has 0 bridgehead atoms. The lowest BCUT2D eigenvalue weighted by molar-refractivity contribution is -0.149. The zero-order valence-electron chi connectivity index (χ0n) is 17.3. The Hall–Kier alpha value is -3.25. The number of halogens is 1. The number of rotatable bonds is 5. The second-order valence-corrected chi connectivity index (χ2v) is 9.29. The van der Waals surface area contributed by atoms with E-state index < -0.39 is 28.6 Å². The van der Waals surface area contributed by atoms with Crippen molar-refractivity contribution in [2.75, 3.05) is 0 Å². The molecule has 0 radical (unpaired) electrons. The van der Waals surface area contributed by atoms with E-state index in [1.54, 1.807) is 43.3 Å². The van der Waals surface area contributed by atoms with E-state index in [0.29, 0.717) is 16.9 Å². The smallest absolute Gasteiger partial charge is 0.328 e. The predicted octanol–water partition coefficient (Wildman–Crippen LogP) is 4.66. The standard InChI is InChI=1S/C26H20BrNO4/c1-25(22(29)17-10-6-3-7-11-17)21-19-14-18(27)12-13-20(19)32-24(31)26(21,25)23(30)28-15-16-8-4-2-5-9-16/h2-14,21H,15H2,1H3,(H,28,30)/t21-,25+,26+/m1/s1. The molecule has 0 unspecified atom stereocenters. The van der Waals surface area contributed by atoms with Gasteiger partial charge in [0.15, 0.2) is 11.2 Å². The van der Waals surface area contributed by atoms with Crippen molar-refractivity contribution in [3.8, 4) is 5.75 Å². The van der Waals surface area contributed by atoms with E-state index >= 15 is 0 Å². The van der Waals surface area contributed by atoms with Crippen LogP contribution < -0.4 is 10.1 Å². The number of nitrogens with one attached hydrogen (secondary N) is 1. The SMILES string of the molecule is C[C@@]1(C(=O)c2ccccc2)[C@H]2c3cc(Br)ccc3OC(=O)[C@@]21C(=O)NCc1ccccc1. The first-order chi connectivity index (χ1) is 15.4. The number of benzene rings is 3. The molecule has 3 atom stereocenters. The van der Waals surface area contributed by atoms with Crippen LogP contribution in [0, 0.1) is 10.8 Å². The number of carbonyl (C=O) groups excluding carboxylic acids is 3. The predicted molar refractivity (Wildman–Crippen MR) is 122 cm³/mol. The third kappa shape index (κ3) is 2.79. The molecule has 2 aliphatic rings. The Morgan fingerprint density at radius 2 is 1.66 bits per heavy atom. The molecule has 3 aromatic rings. The highest BCUT2D eigenvalue weighted by Gasteiger charge is 2.88. The summed E-state index contributed by atoms with van der Waals surface area (Å²) in [4.78, 5) is 40.7. The molecule has 1 fully saturated rings. The summed E-state index contributed by atoms with van der Waals surface area (Å²) in [5.41, 5.74) is -0.844. The van der Waals surface area contributed by atoms with Crippen molar-refractivity contribution in [3.05, 3.63) is 100 Å². The molecule has 1 saturated carbocycles. The number of Topliss-reactive ketones (excluding diaryl/α,β-unsaturated/α-hetero) is 1. The highest BCUT2D eigenvalue weighted by molar-refractivity contribution is 9.10. The highest BCUT2D eigenvalue weighted by atomic mass is 79.9. The molecule has 1 N–H and O–H groups in total. The summed E-state index contributed by atoms with van der Waals surface area (Å²) in [5.74, 6) is -1.65. The molecular formula is C26H20BrNO4. The Morgan fingerprint density at radius 1 is 1.00 bits per heavy atom. The van der Waals surface area contributed by atoms with Crippen LogP contribution in [0.1, 0.15) is 34.3 Å². The monoisotopic (exact) mass is 489 g/mol. The molecule has 1 heterocycles. The fourth-order valence-electron chi connectivity index (χ4n) is 5.09. The number of hydrogen-bond donors (Lipinski definition) is 1. The van der Waals surface area contributed by atoms with E-state index in [1.807, 2.05) is 42.5 Å². The number of hydrogen-bond acceptors (Lipinski definition) is 4.